The van der Waals surface area contributed by atoms with Crippen molar-refractivity contribution in [2.24, 2.45) is 0 Å². The molecule has 0 saturated heterocycles. The van der Waals surface area contributed by atoms with Crippen molar-refractivity contribution in [2.45, 2.75) is 17.4 Å². The molecule has 21 heavy (non-hydrogen) atoms. The summed E-state index contributed by atoms with van der Waals surface area (Å²) in [6, 6.07) is 16.7. The zero-order valence-corrected chi connectivity index (χ0v) is 13.0. The zero-order chi connectivity index (χ0) is 15.3. The average Bonchev–Trinajstić information content (AvgIpc) is 2.53. The van der Waals surface area contributed by atoms with E-state index in [1.165, 1.54) is 0 Å². The van der Waals surface area contributed by atoms with Crippen molar-refractivity contribution in [3.05, 3.63) is 65.7 Å². The fourth-order valence-electron chi connectivity index (χ4n) is 2.00. The van der Waals surface area contributed by atoms with Gasteiger partial charge in [-0.25, -0.2) is 0 Å². The molecule has 0 aliphatic heterocycles. The first-order valence-electron chi connectivity index (χ1n) is 6.73. The summed E-state index contributed by atoms with van der Waals surface area (Å²) in [5.41, 5.74) is 0.288. The van der Waals surface area contributed by atoms with Gasteiger partial charge in [0.15, 0.2) is 0 Å². The molecule has 0 aliphatic rings. The fraction of sp³-hybridized carbons (Fsp3) is 0.235. The third-order valence-electron chi connectivity index (χ3n) is 3.34. The molecule has 2 rings (SSSR count). The minimum absolute atomic E-state index is 0.167. The Morgan fingerprint density at radius 1 is 1.14 bits per heavy atom. The van der Waals surface area contributed by atoms with Crippen LogP contribution in [0.5, 0.6) is 0 Å². The molecule has 1 amide bonds. The van der Waals surface area contributed by atoms with Gasteiger partial charge in [0, 0.05) is 10.5 Å². The number of amides is 1. The zero-order valence-electron chi connectivity index (χ0n) is 12.2. The first-order chi connectivity index (χ1) is 10.0. The van der Waals surface area contributed by atoms with Crippen LogP contribution >= 0.6 is 11.8 Å². The van der Waals surface area contributed by atoms with Gasteiger partial charge < -0.3 is 10.4 Å². The standard InChI is InChI=1S/C17H19NO2S/c1-17(20,14-6-4-3-5-7-14)12-18-16(19)13-8-10-15(21-2)11-9-13/h3-11,20H,12H2,1-2H3,(H,18,19). The van der Waals surface area contributed by atoms with Gasteiger partial charge in [-0.1, -0.05) is 30.3 Å². The van der Waals surface area contributed by atoms with Crippen molar-refractivity contribution in [3.63, 3.8) is 0 Å². The Labute approximate surface area is 129 Å². The van der Waals surface area contributed by atoms with Gasteiger partial charge in [-0.05, 0) is 43.0 Å². The highest BCUT2D eigenvalue weighted by molar-refractivity contribution is 7.98. The Hall–Kier alpha value is -1.78. The predicted octanol–water partition coefficient (Wildman–Crippen LogP) is 3.05. The first kappa shape index (κ1) is 15.6. The Kier molecular flexibility index (Phi) is 5.04. The SMILES string of the molecule is CSc1ccc(C(=O)NCC(C)(O)c2ccccc2)cc1. The minimum atomic E-state index is -1.09. The van der Waals surface area contributed by atoms with Crippen LogP contribution in [-0.2, 0) is 5.60 Å². The molecule has 1 unspecified atom stereocenters. The lowest BCUT2D eigenvalue weighted by atomic mass is 9.96. The van der Waals surface area contributed by atoms with E-state index in [4.69, 9.17) is 0 Å². The molecule has 2 N–H and O–H groups in total. The number of aliphatic hydroxyl groups is 1. The number of nitrogens with one attached hydrogen (secondary N) is 1. The molecule has 2 aromatic carbocycles. The quantitative estimate of drug-likeness (QED) is 0.835. The van der Waals surface area contributed by atoms with E-state index < -0.39 is 5.60 Å². The second-order valence-electron chi connectivity index (χ2n) is 5.05. The maximum Gasteiger partial charge on any atom is 0.251 e. The van der Waals surface area contributed by atoms with E-state index in [0.29, 0.717) is 5.56 Å². The van der Waals surface area contributed by atoms with Crippen molar-refractivity contribution >= 4 is 17.7 Å². The molecule has 1 atom stereocenters. The number of thioether (sulfide) groups is 1. The summed E-state index contributed by atoms with van der Waals surface area (Å²) in [6.45, 7) is 1.86. The average molecular weight is 301 g/mol. The van der Waals surface area contributed by atoms with Gasteiger partial charge >= 0.3 is 0 Å². The van der Waals surface area contributed by atoms with E-state index in [9.17, 15) is 9.90 Å². The summed E-state index contributed by atoms with van der Waals surface area (Å²) in [6.07, 6.45) is 1.99. The van der Waals surface area contributed by atoms with Crippen LogP contribution in [-0.4, -0.2) is 23.8 Å². The van der Waals surface area contributed by atoms with Gasteiger partial charge in [0.1, 0.15) is 5.60 Å². The highest BCUT2D eigenvalue weighted by atomic mass is 32.2. The number of benzene rings is 2. The molecule has 0 bridgehead atoms. The molecule has 0 heterocycles. The Morgan fingerprint density at radius 2 is 1.76 bits per heavy atom. The van der Waals surface area contributed by atoms with Crippen molar-refractivity contribution in [1.82, 2.24) is 5.32 Å². The molecule has 110 valence electrons. The van der Waals surface area contributed by atoms with Crippen molar-refractivity contribution in [1.29, 1.82) is 0 Å². The van der Waals surface area contributed by atoms with E-state index in [1.807, 2.05) is 48.7 Å². The molecule has 0 spiro atoms. The highest BCUT2D eigenvalue weighted by Gasteiger charge is 2.23. The van der Waals surface area contributed by atoms with Crippen LogP contribution in [0.2, 0.25) is 0 Å². The lowest BCUT2D eigenvalue weighted by molar-refractivity contribution is 0.0526. The lowest BCUT2D eigenvalue weighted by Gasteiger charge is -2.24. The maximum atomic E-state index is 12.1. The molecular formula is C17H19NO2S. The Bertz CT molecular complexity index is 594. The van der Waals surface area contributed by atoms with Crippen LogP contribution in [0.15, 0.2) is 59.5 Å². The smallest absolute Gasteiger partial charge is 0.251 e. The van der Waals surface area contributed by atoms with Crippen molar-refractivity contribution in [3.8, 4) is 0 Å². The summed E-state index contributed by atoms with van der Waals surface area (Å²) >= 11 is 1.63. The van der Waals surface area contributed by atoms with Gasteiger partial charge in [0.2, 0.25) is 0 Å². The second kappa shape index (κ2) is 6.78. The molecule has 0 saturated carbocycles. The van der Waals surface area contributed by atoms with E-state index in [1.54, 1.807) is 30.8 Å². The molecular weight excluding hydrogens is 282 g/mol. The van der Waals surface area contributed by atoms with Gasteiger partial charge in [0.05, 0.1) is 6.54 Å². The van der Waals surface area contributed by atoms with Crippen LogP contribution in [0.25, 0.3) is 0 Å². The summed E-state index contributed by atoms with van der Waals surface area (Å²) in [4.78, 5) is 13.2. The summed E-state index contributed by atoms with van der Waals surface area (Å²) in [5.74, 6) is -0.182. The minimum Gasteiger partial charge on any atom is -0.384 e. The molecule has 0 aromatic heterocycles. The number of hydrogen-bond acceptors (Lipinski definition) is 3. The first-order valence-corrected chi connectivity index (χ1v) is 7.95. The van der Waals surface area contributed by atoms with E-state index >= 15 is 0 Å². The van der Waals surface area contributed by atoms with Crippen LogP contribution in [0.4, 0.5) is 0 Å². The normalized spacial score (nSPS) is 13.5. The second-order valence-corrected chi connectivity index (χ2v) is 5.93. The third-order valence-corrected chi connectivity index (χ3v) is 4.08. The van der Waals surface area contributed by atoms with E-state index in [0.717, 1.165) is 10.5 Å². The van der Waals surface area contributed by atoms with E-state index in [2.05, 4.69) is 5.32 Å². The fourth-order valence-corrected chi connectivity index (χ4v) is 2.40. The Balaban J connectivity index is 2.00. The van der Waals surface area contributed by atoms with Crippen LogP contribution < -0.4 is 5.32 Å². The largest absolute Gasteiger partial charge is 0.384 e. The molecule has 4 heteroatoms. The number of hydrogen-bond donors (Lipinski definition) is 2. The summed E-state index contributed by atoms with van der Waals surface area (Å²) in [7, 11) is 0. The lowest BCUT2D eigenvalue weighted by Crippen LogP contribution is -2.38. The number of carbonyl (C=O) groups excluding carboxylic acids is 1. The predicted molar refractivity (Wildman–Crippen MR) is 86.6 cm³/mol. The van der Waals surface area contributed by atoms with Crippen LogP contribution in [0.1, 0.15) is 22.8 Å². The topological polar surface area (TPSA) is 49.3 Å². The summed E-state index contributed by atoms with van der Waals surface area (Å²) in [5, 5.41) is 13.2. The van der Waals surface area contributed by atoms with Gasteiger partial charge in [-0.15, -0.1) is 11.8 Å². The van der Waals surface area contributed by atoms with E-state index in [-0.39, 0.29) is 12.5 Å². The number of rotatable bonds is 5. The Morgan fingerprint density at radius 3 is 2.33 bits per heavy atom. The molecule has 0 radical (unpaired) electrons. The van der Waals surface area contributed by atoms with Gasteiger partial charge in [-0.3, -0.25) is 4.79 Å². The van der Waals surface area contributed by atoms with Crippen molar-refractivity contribution in [2.75, 3.05) is 12.8 Å². The monoisotopic (exact) mass is 301 g/mol. The van der Waals surface area contributed by atoms with Gasteiger partial charge in [0.25, 0.3) is 5.91 Å². The highest BCUT2D eigenvalue weighted by Crippen LogP contribution is 2.19. The number of carbonyl (C=O) groups is 1. The van der Waals surface area contributed by atoms with Gasteiger partial charge in [-0.2, -0.15) is 0 Å². The third kappa shape index (κ3) is 4.09. The van der Waals surface area contributed by atoms with Crippen LogP contribution in [0.3, 0.4) is 0 Å². The molecule has 3 nitrogen and oxygen atoms in total. The molecule has 0 aliphatic carbocycles. The maximum absolute atomic E-state index is 12.1. The summed E-state index contributed by atoms with van der Waals surface area (Å²) < 4.78 is 0. The van der Waals surface area contributed by atoms with Crippen molar-refractivity contribution < 1.29 is 9.90 Å². The van der Waals surface area contributed by atoms with Crippen LogP contribution in [0, 0.1) is 0 Å². The molecule has 0 fully saturated rings. The molecule has 2 aromatic rings.